The van der Waals surface area contributed by atoms with Gasteiger partial charge in [-0.2, -0.15) is 0 Å². The van der Waals surface area contributed by atoms with E-state index >= 15 is 0 Å². The lowest BCUT2D eigenvalue weighted by atomic mass is 9.97. The molecule has 1 aliphatic rings. The van der Waals surface area contributed by atoms with Crippen LogP contribution in [0.1, 0.15) is 56.6 Å². The summed E-state index contributed by atoms with van der Waals surface area (Å²) >= 11 is 0. The van der Waals surface area contributed by atoms with Crippen molar-refractivity contribution in [1.82, 2.24) is 4.90 Å². The van der Waals surface area contributed by atoms with Gasteiger partial charge in [-0.1, -0.05) is 44.5 Å². The molecule has 2 nitrogen and oxygen atoms in total. The molecule has 1 atom stereocenters. The quantitative estimate of drug-likeness (QED) is 0.878. The molecule has 1 saturated heterocycles. The van der Waals surface area contributed by atoms with Crippen LogP contribution in [-0.2, 0) is 6.54 Å². The summed E-state index contributed by atoms with van der Waals surface area (Å²) in [5.74, 6) is 0.619. The van der Waals surface area contributed by atoms with E-state index in [4.69, 9.17) is 5.73 Å². The number of rotatable bonds is 5. The first-order valence-electron chi connectivity index (χ1n) is 7.73. The molecule has 106 valence electrons. The number of nitrogens with zero attached hydrogens (tertiary/aromatic N) is 1. The van der Waals surface area contributed by atoms with Crippen LogP contribution in [0.3, 0.4) is 0 Å². The molecule has 19 heavy (non-hydrogen) atoms. The molecule has 0 aromatic heterocycles. The second-order valence-corrected chi connectivity index (χ2v) is 6.09. The summed E-state index contributed by atoms with van der Waals surface area (Å²) in [5, 5.41) is 0. The first-order valence-corrected chi connectivity index (χ1v) is 7.73. The van der Waals surface area contributed by atoms with Crippen molar-refractivity contribution in [2.75, 3.05) is 13.1 Å². The van der Waals surface area contributed by atoms with E-state index in [2.05, 4.69) is 43.0 Å². The first-order chi connectivity index (χ1) is 9.20. The van der Waals surface area contributed by atoms with E-state index < -0.39 is 0 Å². The van der Waals surface area contributed by atoms with Crippen LogP contribution in [0.5, 0.6) is 0 Å². The molecule has 0 amide bonds. The van der Waals surface area contributed by atoms with Crippen LogP contribution in [0.4, 0.5) is 0 Å². The summed E-state index contributed by atoms with van der Waals surface area (Å²) in [6.45, 7) is 7.63. The third kappa shape index (κ3) is 4.05. The van der Waals surface area contributed by atoms with Crippen molar-refractivity contribution in [3.63, 3.8) is 0 Å². The van der Waals surface area contributed by atoms with Crippen molar-refractivity contribution in [3.8, 4) is 0 Å². The van der Waals surface area contributed by atoms with E-state index in [-0.39, 0.29) is 0 Å². The highest BCUT2D eigenvalue weighted by atomic mass is 15.2. The van der Waals surface area contributed by atoms with Crippen molar-refractivity contribution >= 4 is 0 Å². The molecule has 1 aliphatic heterocycles. The second kappa shape index (κ2) is 7.06. The standard InChI is InChI=1S/C17H28N2/c1-14(2)16-8-6-15(7-9-16)13-19-12-4-3-5-17(19)10-11-18/h6-9,14,17H,3-5,10-13,18H2,1-2H3. The zero-order valence-corrected chi connectivity index (χ0v) is 12.4. The SMILES string of the molecule is CC(C)c1ccc(CN2CCCCC2CCN)cc1. The Balaban J connectivity index is 1.98. The minimum atomic E-state index is 0.619. The topological polar surface area (TPSA) is 29.3 Å². The maximum Gasteiger partial charge on any atom is 0.0236 e. The molecular weight excluding hydrogens is 232 g/mol. The molecule has 1 unspecified atom stereocenters. The number of nitrogens with two attached hydrogens (primary N) is 1. The normalized spacial score (nSPS) is 20.9. The lowest BCUT2D eigenvalue weighted by molar-refractivity contribution is 0.134. The van der Waals surface area contributed by atoms with Gasteiger partial charge < -0.3 is 5.73 Å². The fourth-order valence-corrected chi connectivity index (χ4v) is 3.03. The van der Waals surface area contributed by atoms with E-state index in [1.165, 1.54) is 36.9 Å². The zero-order chi connectivity index (χ0) is 13.7. The largest absolute Gasteiger partial charge is 0.330 e. The van der Waals surface area contributed by atoms with E-state index in [9.17, 15) is 0 Å². The van der Waals surface area contributed by atoms with Gasteiger partial charge >= 0.3 is 0 Å². The molecule has 0 saturated carbocycles. The molecule has 2 N–H and O–H groups in total. The van der Waals surface area contributed by atoms with Crippen molar-refractivity contribution in [2.24, 2.45) is 5.73 Å². The summed E-state index contributed by atoms with van der Waals surface area (Å²) in [6, 6.07) is 9.85. The third-order valence-corrected chi connectivity index (χ3v) is 4.28. The van der Waals surface area contributed by atoms with Gasteiger partial charge in [0.15, 0.2) is 0 Å². The summed E-state index contributed by atoms with van der Waals surface area (Å²) in [5.41, 5.74) is 8.61. The Hall–Kier alpha value is -0.860. The van der Waals surface area contributed by atoms with Gasteiger partial charge in [-0.15, -0.1) is 0 Å². The third-order valence-electron chi connectivity index (χ3n) is 4.28. The van der Waals surface area contributed by atoms with Gasteiger partial charge in [-0.3, -0.25) is 4.90 Å². The predicted molar refractivity (Wildman–Crippen MR) is 82.3 cm³/mol. The van der Waals surface area contributed by atoms with Crippen LogP contribution in [0.15, 0.2) is 24.3 Å². The molecule has 1 aromatic carbocycles. The molecule has 0 spiro atoms. The summed E-state index contributed by atoms with van der Waals surface area (Å²) in [6.07, 6.45) is 5.17. The highest BCUT2D eigenvalue weighted by Crippen LogP contribution is 2.22. The molecule has 1 heterocycles. The van der Waals surface area contributed by atoms with Crippen molar-refractivity contribution in [2.45, 2.75) is 58.0 Å². The van der Waals surface area contributed by atoms with Crippen LogP contribution < -0.4 is 5.73 Å². The fourth-order valence-electron chi connectivity index (χ4n) is 3.03. The van der Waals surface area contributed by atoms with Crippen molar-refractivity contribution in [3.05, 3.63) is 35.4 Å². The molecule has 0 radical (unpaired) electrons. The smallest absolute Gasteiger partial charge is 0.0236 e. The number of likely N-dealkylation sites (tertiary alicyclic amines) is 1. The summed E-state index contributed by atoms with van der Waals surface area (Å²) < 4.78 is 0. The Morgan fingerprint density at radius 1 is 1.21 bits per heavy atom. The predicted octanol–water partition coefficient (Wildman–Crippen LogP) is 3.51. The van der Waals surface area contributed by atoms with Gasteiger partial charge in [0, 0.05) is 12.6 Å². The highest BCUT2D eigenvalue weighted by Gasteiger charge is 2.21. The van der Waals surface area contributed by atoms with Gasteiger partial charge in [-0.05, 0) is 49.4 Å². The van der Waals surface area contributed by atoms with Crippen LogP contribution >= 0.6 is 0 Å². The zero-order valence-electron chi connectivity index (χ0n) is 12.4. The molecule has 1 aromatic rings. The summed E-state index contributed by atoms with van der Waals surface area (Å²) in [4.78, 5) is 2.63. The lowest BCUT2D eigenvalue weighted by Gasteiger charge is -2.35. The summed E-state index contributed by atoms with van der Waals surface area (Å²) in [7, 11) is 0. The highest BCUT2D eigenvalue weighted by molar-refractivity contribution is 5.24. The molecule has 2 heteroatoms. The minimum absolute atomic E-state index is 0.619. The van der Waals surface area contributed by atoms with Crippen LogP contribution in [0, 0.1) is 0 Å². The first kappa shape index (κ1) is 14.5. The van der Waals surface area contributed by atoms with Crippen LogP contribution in [-0.4, -0.2) is 24.0 Å². The average Bonchev–Trinajstić information content (AvgIpc) is 2.42. The van der Waals surface area contributed by atoms with Gasteiger partial charge in [0.2, 0.25) is 0 Å². The van der Waals surface area contributed by atoms with E-state index in [0.29, 0.717) is 12.0 Å². The Morgan fingerprint density at radius 3 is 2.58 bits per heavy atom. The van der Waals surface area contributed by atoms with Crippen LogP contribution in [0.25, 0.3) is 0 Å². The van der Waals surface area contributed by atoms with Gasteiger partial charge in [-0.25, -0.2) is 0 Å². The van der Waals surface area contributed by atoms with Crippen molar-refractivity contribution < 1.29 is 0 Å². The maximum absolute atomic E-state index is 5.74. The fraction of sp³-hybridized carbons (Fsp3) is 0.647. The maximum atomic E-state index is 5.74. The van der Waals surface area contributed by atoms with E-state index in [1.54, 1.807) is 0 Å². The molecule has 0 aliphatic carbocycles. The number of hydrogen-bond acceptors (Lipinski definition) is 2. The average molecular weight is 260 g/mol. The Kier molecular flexibility index (Phi) is 5.41. The monoisotopic (exact) mass is 260 g/mol. The van der Waals surface area contributed by atoms with Gasteiger partial charge in [0.1, 0.15) is 0 Å². The molecule has 0 bridgehead atoms. The molecule has 1 fully saturated rings. The molecule has 2 rings (SSSR count). The Morgan fingerprint density at radius 2 is 1.95 bits per heavy atom. The Labute approximate surface area is 118 Å². The van der Waals surface area contributed by atoms with Crippen molar-refractivity contribution in [1.29, 1.82) is 0 Å². The van der Waals surface area contributed by atoms with E-state index in [1.807, 2.05) is 0 Å². The van der Waals surface area contributed by atoms with Gasteiger partial charge in [0.05, 0.1) is 0 Å². The Bertz CT molecular complexity index is 367. The minimum Gasteiger partial charge on any atom is -0.330 e. The number of piperidine rings is 1. The lowest BCUT2D eigenvalue weighted by Crippen LogP contribution is -2.40. The van der Waals surface area contributed by atoms with E-state index in [0.717, 1.165) is 19.5 Å². The molecular formula is C17H28N2. The number of benzene rings is 1. The number of hydrogen-bond donors (Lipinski definition) is 1. The second-order valence-electron chi connectivity index (χ2n) is 6.09. The van der Waals surface area contributed by atoms with Gasteiger partial charge in [0.25, 0.3) is 0 Å². The van der Waals surface area contributed by atoms with Crippen LogP contribution in [0.2, 0.25) is 0 Å².